The number of anilines is 2. The Hall–Kier alpha value is -2.14. The van der Waals surface area contributed by atoms with Gasteiger partial charge in [0, 0.05) is 20.3 Å². The molecule has 0 radical (unpaired) electrons. The molecule has 1 aromatic carbocycles. The first-order valence-electron chi connectivity index (χ1n) is 5.88. The molecule has 1 heterocycles. The lowest BCUT2D eigenvalue weighted by Gasteiger charge is -2.11. The molecule has 2 rings (SSSR count). The van der Waals surface area contributed by atoms with Crippen molar-refractivity contribution in [3.63, 3.8) is 0 Å². The standard InChI is InChI=1S/C14H13ClFN3O/c1-19(2)12-7-6-9(8-17-12)14(20)18-11-5-3-4-10(15)13(11)16/h3-8H,1-2H3,(H,18,20). The number of benzene rings is 1. The van der Waals surface area contributed by atoms with Crippen LogP contribution in [0.5, 0.6) is 0 Å². The molecule has 0 aliphatic heterocycles. The lowest BCUT2D eigenvalue weighted by molar-refractivity contribution is 0.102. The van der Waals surface area contributed by atoms with Crippen LogP contribution in [0.2, 0.25) is 5.02 Å². The Bertz CT molecular complexity index is 629. The average Bonchev–Trinajstić information content (AvgIpc) is 2.44. The number of carbonyl (C=O) groups is 1. The highest BCUT2D eigenvalue weighted by molar-refractivity contribution is 6.31. The van der Waals surface area contributed by atoms with Gasteiger partial charge >= 0.3 is 0 Å². The van der Waals surface area contributed by atoms with Crippen molar-refractivity contribution in [2.24, 2.45) is 0 Å². The molecular formula is C14H13ClFN3O. The Balaban J connectivity index is 2.18. The highest BCUT2D eigenvalue weighted by Crippen LogP contribution is 2.22. The van der Waals surface area contributed by atoms with Crippen molar-refractivity contribution in [1.82, 2.24) is 4.98 Å². The zero-order valence-electron chi connectivity index (χ0n) is 11.0. The van der Waals surface area contributed by atoms with Crippen LogP contribution in [0.25, 0.3) is 0 Å². The van der Waals surface area contributed by atoms with Crippen molar-refractivity contribution in [2.75, 3.05) is 24.3 Å². The quantitative estimate of drug-likeness (QED) is 0.945. The van der Waals surface area contributed by atoms with Crippen LogP contribution in [0, 0.1) is 5.82 Å². The summed E-state index contributed by atoms with van der Waals surface area (Å²) < 4.78 is 13.7. The maximum Gasteiger partial charge on any atom is 0.257 e. The second-order valence-electron chi connectivity index (χ2n) is 4.36. The lowest BCUT2D eigenvalue weighted by Crippen LogP contribution is -2.15. The highest BCUT2D eigenvalue weighted by Gasteiger charge is 2.11. The monoisotopic (exact) mass is 293 g/mol. The molecule has 1 amide bonds. The van der Waals surface area contributed by atoms with E-state index in [0.717, 1.165) is 5.82 Å². The van der Waals surface area contributed by atoms with E-state index in [4.69, 9.17) is 11.6 Å². The van der Waals surface area contributed by atoms with E-state index in [9.17, 15) is 9.18 Å². The Kier molecular flexibility index (Phi) is 4.20. The third-order valence-corrected chi connectivity index (χ3v) is 2.96. The molecule has 2 aromatic rings. The zero-order valence-corrected chi connectivity index (χ0v) is 11.8. The molecule has 4 nitrogen and oxygen atoms in total. The van der Waals surface area contributed by atoms with Gasteiger partial charge in [-0.05, 0) is 24.3 Å². The summed E-state index contributed by atoms with van der Waals surface area (Å²) in [7, 11) is 3.70. The molecule has 0 atom stereocenters. The molecule has 0 saturated carbocycles. The van der Waals surface area contributed by atoms with E-state index >= 15 is 0 Å². The number of amides is 1. The van der Waals surface area contributed by atoms with Crippen LogP contribution in [-0.4, -0.2) is 25.0 Å². The number of hydrogen-bond acceptors (Lipinski definition) is 3. The molecule has 20 heavy (non-hydrogen) atoms. The predicted molar refractivity (Wildman–Crippen MR) is 77.9 cm³/mol. The van der Waals surface area contributed by atoms with Gasteiger partial charge in [-0.3, -0.25) is 4.79 Å². The minimum absolute atomic E-state index is 0.0381. The smallest absolute Gasteiger partial charge is 0.257 e. The molecule has 0 spiro atoms. The summed E-state index contributed by atoms with van der Waals surface area (Å²) in [6.07, 6.45) is 1.44. The SMILES string of the molecule is CN(C)c1ccc(C(=O)Nc2cccc(Cl)c2F)cn1. The number of hydrogen-bond donors (Lipinski definition) is 1. The van der Waals surface area contributed by atoms with E-state index in [1.807, 2.05) is 19.0 Å². The average molecular weight is 294 g/mol. The van der Waals surface area contributed by atoms with Gasteiger partial charge in [-0.1, -0.05) is 17.7 Å². The lowest BCUT2D eigenvalue weighted by atomic mass is 10.2. The Morgan fingerprint density at radius 2 is 2.05 bits per heavy atom. The van der Waals surface area contributed by atoms with Crippen molar-refractivity contribution in [3.05, 3.63) is 52.9 Å². The summed E-state index contributed by atoms with van der Waals surface area (Å²) in [4.78, 5) is 17.9. The predicted octanol–water partition coefficient (Wildman–Crippen LogP) is 3.19. The number of pyridine rings is 1. The van der Waals surface area contributed by atoms with Crippen molar-refractivity contribution in [2.45, 2.75) is 0 Å². The highest BCUT2D eigenvalue weighted by atomic mass is 35.5. The van der Waals surface area contributed by atoms with Crippen LogP contribution in [0.4, 0.5) is 15.9 Å². The van der Waals surface area contributed by atoms with Gasteiger partial charge in [0.2, 0.25) is 0 Å². The van der Waals surface area contributed by atoms with Gasteiger partial charge < -0.3 is 10.2 Å². The van der Waals surface area contributed by atoms with E-state index in [1.165, 1.54) is 18.3 Å². The Labute approximate surface area is 121 Å². The molecule has 1 N–H and O–H groups in total. The summed E-state index contributed by atoms with van der Waals surface area (Å²) in [5, 5.41) is 2.43. The minimum atomic E-state index is -0.652. The maximum atomic E-state index is 13.7. The van der Waals surface area contributed by atoms with Gasteiger partial charge in [0.05, 0.1) is 16.3 Å². The van der Waals surface area contributed by atoms with Crippen LogP contribution < -0.4 is 10.2 Å². The number of nitrogens with one attached hydrogen (secondary N) is 1. The Morgan fingerprint density at radius 3 is 2.65 bits per heavy atom. The molecule has 0 aliphatic carbocycles. The number of rotatable bonds is 3. The van der Waals surface area contributed by atoms with E-state index in [1.54, 1.807) is 18.2 Å². The second-order valence-corrected chi connectivity index (χ2v) is 4.76. The maximum absolute atomic E-state index is 13.7. The van der Waals surface area contributed by atoms with E-state index in [0.29, 0.717) is 5.56 Å². The number of carbonyl (C=O) groups excluding carboxylic acids is 1. The summed E-state index contributed by atoms with van der Waals surface area (Å²) in [6, 6.07) is 7.76. The number of nitrogens with zero attached hydrogens (tertiary/aromatic N) is 2. The first-order valence-corrected chi connectivity index (χ1v) is 6.25. The molecule has 0 aliphatic rings. The molecule has 0 saturated heterocycles. The molecule has 0 fully saturated rings. The minimum Gasteiger partial charge on any atom is -0.363 e. The zero-order chi connectivity index (χ0) is 14.7. The fourth-order valence-electron chi connectivity index (χ4n) is 1.58. The molecule has 0 bridgehead atoms. The summed E-state index contributed by atoms with van der Waals surface area (Å²) in [5.41, 5.74) is 0.383. The van der Waals surface area contributed by atoms with Gasteiger partial charge in [-0.2, -0.15) is 0 Å². The number of aromatic nitrogens is 1. The molecule has 0 unspecified atom stereocenters. The molecular weight excluding hydrogens is 281 g/mol. The van der Waals surface area contributed by atoms with Gasteiger partial charge in [0.25, 0.3) is 5.91 Å². The molecule has 6 heteroatoms. The molecule has 104 valence electrons. The van der Waals surface area contributed by atoms with Crippen molar-refractivity contribution < 1.29 is 9.18 Å². The van der Waals surface area contributed by atoms with Crippen molar-refractivity contribution in [1.29, 1.82) is 0 Å². The summed E-state index contributed by atoms with van der Waals surface area (Å²) >= 11 is 5.65. The van der Waals surface area contributed by atoms with Crippen LogP contribution in [0.3, 0.4) is 0 Å². The van der Waals surface area contributed by atoms with Gasteiger partial charge in [0.1, 0.15) is 5.82 Å². The van der Waals surface area contributed by atoms with Crippen LogP contribution >= 0.6 is 11.6 Å². The van der Waals surface area contributed by atoms with Gasteiger partial charge in [0.15, 0.2) is 5.82 Å². The van der Waals surface area contributed by atoms with E-state index < -0.39 is 11.7 Å². The van der Waals surface area contributed by atoms with E-state index in [2.05, 4.69) is 10.3 Å². The van der Waals surface area contributed by atoms with Gasteiger partial charge in [-0.15, -0.1) is 0 Å². The third kappa shape index (κ3) is 3.05. The first-order chi connectivity index (χ1) is 9.49. The third-order valence-electron chi connectivity index (χ3n) is 2.67. The van der Waals surface area contributed by atoms with Crippen LogP contribution in [-0.2, 0) is 0 Å². The fourth-order valence-corrected chi connectivity index (χ4v) is 1.75. The summed E-state index contributed by atoms with van der Waals surface area (Å²) in [5.74, 6) is -0.361. The van der Waals surface area contributed by atoms with Crippen LogP contribution in [0.1, 0.15) is 10.4 Å². The number of halogens is 2. The first kappa shape index (κ1) is 14.3. The Morgan fingerprint density at radius 1 is 1.30 bits per heavy atom. The van der Waals surface area contributed by atoms with Crippen molar-refractivity contribution >= 4 is 29.0 Å². The largest absolute Gasteiger partial charge is 0.363 e. The normalized spacial score (nSPS) is 10.2. The molecule has 1 aromatic heterocycles. The topological polar surface area (TPSA) is 45.2 Å². The summed E-state index contributed by atoms with van der Waals surface area (Å²) in [6.45, 7) is 0. The van der Waals surface area contributed by atoms with Crippen LogP contribution in [0.15, 0.2) is 36.5 Å². The van der Waals surface area contributed by atoms with E-state index in [-0.39, 0.29) is 10.7 Å². The second kappa shape index (κ2) is 5.88. The van der Waals surface area contributed by atoms with Gasteiger partial charge in [-0.25, -0.2) is 9.37 Å². The van der Waals surface area contributed by atoms with Crippen molar-refractivity contribution in [3.8, 4) is 0 Å². The fraction of sp³-hybridized carbons (Fsp3) is 0.143.